The number of nitrogens with zero attached hydrogens (tertiary/aromatic N) is 3. The van der Waals surface area contributed by atoms with Gasteiger partial charge in [-0.25, -0.2) is 0 Å². The summed E-state index contributed by atoms with van der Waals surface area (Å²) in [5.74, 6) is 0. The van der Waals surface area contributed by atoms with E-state index in [1.54, 1.807) is 0 Å². The molecule has 0 amide bonds. The number of hydrogen-bond acceptors (Lipinski definition) is 3. The Balaban J connectivity index is 2.26. The average Bonchev–Trinajstić information content (AvgIpc) is 2.35. The number of anilines is 1. The van der Waals surface area contributed by atoms with Gasteiger partial charge in [-0.15, -0.1) is 0 Å². The van der Waals surface area contributed by atoms with Crippen molar-refractivity contribution in [1.82, 2.24) is 4.90 Å². The van der Waals surface area contributed by atoms with Gasteiger partial charge in [-0.1, -0.05) is 12.1 Å². The zero-order chi connectivity index (χ0) is 12.4. The van der Waals surface area contributed by atoms with E-state index >= 15 is 0 Å². The predicted molar refractivity (Wildman–Crippen MR) is 70.1 cm³/mol. The standard InChI is InChI=1S/C14H19N3/c1-11-9-17(10-12(2)16(11)3)14-7-5-4-6-13(14)8-15/h4-7,11-12H,9-10H2,1-3H3. The summed E-state index contributed by atoms with van der Waals surface area (Å²) >= 11 is 0. The van der Waals surface area contributed by atoms with Crippen LogP contribution < -0.4 is 4.90 Å². The van der Waals surface area contributed by atoms with Crippen LogP contribution in [0.25, 0.3) is 0 Å². The second kappa shape index (κ2) is 4.77. The van der Waals surface area contributed by atoms with E-state index in [4.69, 9.17) is 5.26 Å². The van der Waals surface area contributed by atoms with Crippen molar-refractivity contribution in [2.45, 2.75) is 25.9 Å². The van der Waals surface area contributed by atoms with E-state index in [1.807, 2.05) is 24.3 Å². The van der Waals surface area contributed by atoms with Crippen molar-refractivity contribution in [1.29, 1.82) is 5.26 Å². The molecular weight excluding hydrogens is 210 g/mol. The fourth-order valence-corrected chi connectivity index (χ4v) is 2.45. The molecule has 1 aromatic carbocycles. The Morgan fingerprint density at radius 2 is 1.76 bits per heavy atom. The van der Waals surface area contributed by atoms with Crippen LogP contribution in [-0.4, -0.2) is 37.1 Å². The molecule has 2 rings (SSSR count). The lowest BCUT2D eigenvalue weighted by molar-refractivity contribution is 0.170. The van der Waals surface area contributed by atoms with Gasteiger partial charge in [-0.05, 0) is 33.0 Å². The van der Waals surface area contributed by atoms with Crippen molar-refractivity contribution in [3.8, 4) is 6.07 Å². The van der Waals surface area contributed by atoms with Crippen LogP contribution in [0.2, 0.25) is 0 Å². The third-order valence-electron chi connectivity index (χ3n) is 3.72. The Hall–Kier alpha value is -1.53. The minimum absolute atomic E-state index is 0.519. The van der Waals surface area contributed by atoms with Crippen LogP contribution in [0.1, 0.15) is 19.4 Å². The lowest BCUT2D eigenvalue weighted by Gasteiger charge is -2.43. The minimum Gasteiger partial charge on any atom is -0.367 e. The Kier molecular flexibility index (Phi) is 3.35. The van der Waals surface area contributed by atoms with Gasteiger partial charge in [-0.2, -0.15) is 5.26 Å². The number of rotatable bonds is 1. The Labute approximate surface area is 103 Å². The molecule has 1 aliphatic heterocycles. The van der Waals surface area contributed by atoms with Crippen molar-refractivity contribution in [2.24, 2.45) is 0 Å². The monoisotopic (exact) mass is 229 g/mol. The van der Waals surface area contributed by atoms with E-state index in [0.29, 0.717) is 12.1 Å². The fourth-order valence-electron chi connectivity index (χ4n) is 2.45. The smallest absolute Gasteiger partial charge is 0.101 e. The van der Waals surface area contributed by atoms with E-state index < -0.39 is 0 Å². The van der Waals surface area contributed by atoms with Gasteiger partial charge in [0.2, 0.25) is 0 Å². The van der Waals surface area contributed by atoms with Crippen molar-refractivity contribution in [3.05, 3.63) is 29.8 Å². The van der Waals surface area contributed by atoms with Crippen LogP contribution in [0.4, 0.5) is 5.69 Å². The topological polar surface area (TPSA) is 30.3 Å². The van der Waals surface area contributed by atoms with Crippen LogP contribution in [0.3, 0.4) is 0 Å². The second-order valence-corrected chi connectivity index (χ2v) is 4.90. The molecule has 0 spiro atoms. The molecule has 0 aliphatic carbocycles. The highest BCUT2D eigenvalue weighted by atomic mass is 15.3. The molecule has 1 fully saturated rings. The van der Waals surface area contributed by atoms with Gasteiger partial charge in [0.1, 0.15) is 6.07 Å². The van der Waals surface area contributed by atoms with E-state index in [2.05, 4.69) is 36.8 Å². The van der Waals surface area contributed by atoms with Crippen LogP contribution in [-0.2, 0) is 0 Å². The summed E-state index contributed by atoms with van der Waals surface area (Å²) < 4.78 is 0. The first kappa shape index (κ1) is 11.9. The molecule has 0 bridgehead atoms. The van der Waals surface area contributed by atoms with Crippen LogP contribution >= 0.6 is 0 Å². The Bertz CT molecular complexity index is 423. The fraction of sp³-hybridized carbons (Fsp3) is 0.500. The number of para-hydroxylation sites is 1. The summed E-state index contributed by atoms with van der Waals surface area (Å²) in [7, 11) is 2.17. The van der Waals surface area contributed by atoms with E-state index in [-0.39, 0.29) is 0 Å². The summed E-state index contributed by atoms with van der Waals surface area (Å²) in [5, 5.41) is 9.15. The SMILES string of the molecule is CC1CN(c2ccccc2C#N)CC(C)N1C. The zero-order valence-electron chi connectivity index (χ0n) is 10.7. The average molecular weight is 229 g/mol. The summed E-state index contributed by atoms with van der Waals surface area (Å²) in [6, 6.07) is 11.2. The summed E-state index contributed by atoms with van der Waals surface area (Å²) in [6.45, 7) is 6.44. The molecule has 3 nitrogen and oxygen atoms in total. The first-order valence-corrected chi connectivity index (χ1v) is 6.09. The van der Waals surface area contributed by atoms with Crippen LogP contribution in [0.15, 0.2) is 24.3 Å². The molecule has 0 aromatic heterocycles. The molecule has 1 aromatic rings. The van der Waals surface area contributed by atoms with Gasteiger partial charge in [0.25, 0.3) is 0 Å². The molecule has 3 heteroatoms. The Morgan fingerprint density at radius 1 is 1.18 bits per heavy atom. The molecule has 90 valence electrons. The quantitative estimate of drug-likeness (QED) is 0.738. The molecule has 1 aliphatic rings. The summed E-state index contributed by atoms with van der Waals surface area (Å²) in [5.41, 5.74) is 1.85. The van der Waals surface area contributed by atoms with Gasteiger partial charge < -0.3 is 4.90 Å². The highest BCUT2D eigenvalue weighted by Crippen LogP contribution is 2.24. The van der Waals surface area contributed by atoms with Gasteiger partial charge >= 0.3 is 0 Å². The van der Waals surface area contributed by atoms with Gasteiger partial charge in [0.15, 0.2) is 0 Å². The van der Waals surface area contributed by atoms with Gasteiger partial charge in [0.05, 0.1) is 11.3 Å². The van der Waals surface area contributed by atoms with E-state index in [0.717, 1.165) is 24.3 Å². The molecular formula is C14H19N3. The minimum atomic E-state index is 0.519. The number of nitriles is 1. The van der Waals surface area contributed by atoms with Crippen molar-refractivity contribution >= 4 is 5.69 Å². The first-order valence-electron chi connectivity index (χ1n) is 6.09. The predicted octanol–water partition coefficient (Wildman–Crippen LogP) is 2.09. The number of piperazine rings is 1. The molecule has 1 saturated heterocycles. The largest absolute Gasteiger partial charge is 0.367 e. The van der Waals surface area contributed by atoms with Crippen molar-refractivity contribution in [3.63, 3.8) is 0 Å². The summed E-state index contributed by atoms with van der Waals surface area (Å²) in [4.78, 5) is 4.72. The lowest BCUT2D eigenvalue weighted by atomic mass is 10.1. The third-order valence-corrected chi connectivity index (χ3v) is 3.72. The van der Waals surface area contributed by atoms with Gasteiger partial charge in [0, 0.05) is 25.2 Å². The molecule has 1 heterocycles. The molecule has 0 N–H and O–H groups in total. The first-order chi connectivity index (χ1) is 8.13. The normalized spacial score (nSPS) is 25.6. The van der Waals surface area contributed by atoms with E-state index in [9.17, 15) is 0 Å². The van der Waals surface area contributed by atoms with Crippen molar-refractivity contribution < 1.29 is 0 Å². The van der Waals surface area contributed by atoms with Crippen molar-refractivity contribution in [2.75, 3.05) is 25.0 Å². The maximum atomic E-state index is 9.15. The molecule has 0 saturated carbocycles. The van der Waals surface area contributed by atoms with Gasteiger partial charge in [-0.3, -0.25) is 4.90 Å². The van der Waals surface area contributed by atoms with E-state index in [1.165, 1.54) is 0 Å². The number of benzene rings is 1. The van der Waals surface area contributed by atoms with Crippen LogP contribution in [0.5, 0.6) is 0 Å². The molecule has 17 heavy (non-hydrogen) atoms. The zero-order valence-corrected chi connectivity index (χ0v) is 10.7. The molecule has 2 atom stereocenters. The Morgan fingerprint density at radius 3 is 2.35 bits per heavy atom. The molecule has 0 radical (unpaired) electrons. The third kappa shape index (κ3) is 2.27. The number of hydrogen-bond donors (Lipinski definition) is 0. The highest BCUT2D eigenvalue weighted by Gasteiger charge is 2.27. The van der Waals surface area contributed by atoms with Crippen LogP contribution in [0, 0.1) is 11.3 Å². The number of likely N-dealkylation sites (N-methyl/N-ethyl adjacent to an activating group) is 1. The maximum Gasteiger partial charge on any atom is 0.101 e. The molecule has 2 unspecified atom stereocenters. The lowest BCUT2D eigenvalue weighted by Crippen LogP contribution is -2.55. The maximum absolute atomic E-state index is 9.15. The summed E-state index contributed by atoms with van der Waals surface area (Å²) in [6.07, 6.45) is 0. The second-order valence-electron chi connectivity index (χ2n) is 4.90. The highest BCUT2D eigenvalue weighted by molar-refractivity contribution is 5.59.